The maximum absolute atomic E-state index is 11.3. The number of nitriles is 1. The molecule has 0 radical (unpaired) electrons. The second kappa shape index (κ2) is 7.26. The van der Waals surface area contributed by atoms with E-state index in [2.05, 4.69) is 16.1 Å². The number of rotatable bonds is 4. The van der Waals surface area contributed by atoms with Crippen LogP contribution >= 0.6 is 0 Å². The Morgan fingerprint density at radius 3 is 2.59 bits per heavy atom. The summed E-state index contributed by atoms with van der Waals surface area (Å²) in [5.41, 5.74) is 2.19. The highest BCUT2D eigenvalue weighted by atomic mass is 16.5. The van der Waals surface area contributed by atoms with Crippen molar-refractivity contribution in [3.63, 3.8) is 0 Å². The zero-order chi connectivity index (χ0) is 20.6. The monoisotopic (exact) mass is 389 g/mol. The fourth-order valence-corrected chi connectivity index (χ4v) is 3.81. The van der Waals surface area contributed by atoms with E-state index < -0.39 is 17.7 Å². The topological polar surface area (TPSA) is 82.5 Å². The van der Waals surface area contributed by atoms with Crippen molar-refractivity contribution in [2.24, 2.45) is 0 Å². The lowest BCUT2D eigenvalue weighted by Gasteiger charge is -2.47. The van der Waals surface area contributed by atoms with Gasteiger partial charge in [0.25, 0.3) is 0 Å². The minimum atomic E-state index is -0.836. The van der Waals surface area contributed by atoms with Gasteiger partial charge in [0.15, 0.2) is 0 Å². The average Bonchev–Trinajstić information content (AvgIpc) is 3.13. The number of fused-ring (bicyclic) bond motifs is 1. The Hall–Kier alpha value is -3.30. The fraction of sp³-hybridized carbons (Fsp3) is 0.304. The molecule has 2 aromatic carbocycles. The summed E-state index contributed by atoms with van der Waals surface area (Å²) in [6.45, 7) is 6.03. The fourth-order valence-electron chi connectivity index (χ4n) is 3.81. The van der Waals surface area contributed by atoms with Crippen LogP contribution in [0.2, 0.25) is 0 Å². The molecule has 0 bridgehead atoms. The summed E-state index contributed by atoms with van der Waals surface area (Å²) in [7, 11) is 0. The molecule has 2 heterocycles. The molecule has 1 aromatic heterocycles. The Kier molecular flexibility index (Phi) is 4.77. The van der Waals surface area contributed by atoms with E-state index in [4.69, 9.17) is 9.26 Å². The molecule has 1 aliphatic rings. The molecule has 1 N–H and O–H groups in total. The van der Waals surface area contributed by atoms with Gasteiger partial charge in [-0.15, -0.1) is 0 Å². The third-order valence-electron chi connectivity index (χ3n) is 5.27. The van der Waals surface area contributed by atoms with Crippen LogP contribution in [0.1, 0.15) is 42.5 Å². The predicted octanol–water partition coefficient (Wildman–Crippen LogP) is 4.13. The van der Waals surface area contributed by atoms with E-state index in [0.29, 0.717) is 17.9 Å². The first kappa shape index (κ1) is 19.0. The first-order valence-corrected chi connectivity index (χ1v) is 9.54. The third kappa shape index (κ3) is 3.57. The standard InChI is InChI=1S/C23H23N3O3/c1-15-11-17(25-29-15)14-26(18-7-5-4-6-8-18)21-19-12-16(13-24)9-10-20(19)28-23(2,3)22(21)27/h4-12,21-22,27H,14H2,1-3H3/t21?,22-/m1/s1. The Labute approximate surface area is 169 Å². The van der Waals surface area contributed by atoms with Crippen molar-refractivity contribution in [1.29, 1.82) is 5.26 Å². The summed E-state index contributed by atoms with van der Waals surface area (Å²) in [5.74, 6) is 1.40. The van der Waals surface area contributed by atoms with Crippen molar-refractivity contribution < 1.29 is 14.4 Å². The molecule has 2 atom stereocenters. The maximum Gasteiger partial charge on any atom is 0.133 e. The highest BCUT2D eigenvalue weighted by Crippen LogP contribution is 2.45. The van der Waals surface area contributed by atoms with E-state index >= 15 is 0 Å². The second-order valence-corrected chi connectivity index (χ2v) is 7.85. The maximum atomic E-state index is 11.3. The smallest absolute Gasteiger partial charge is 0.133 e. The summed E-state index contributed by atoms with van der Waals surface area (Å²) in [6, 6.07) is 18.8. The largest absolute Gasteiger partial charge is 0.485 e. The normalized spacial score (nSPS) is 19.7. The molecule has 1 unspecified atom stereocenters. The lowest BCUT2D eigenvalue weighted by Crippen LogP contribution is -2.53. The van der Waals surface area contributed by atoms with E-state index in [0.717, 1.165) is 22.7 Å². The number of hydrogen-bond acceptors (Lipinski definition) is 6. The molecule has 148 valence electrons. The molecular formula is C23H23N3O3. The van der Waals surface area contributed by atoms with Crippen LogP contribution in [0.25, 0.3) is 0 Å². The van der Waals surface area contributed by atoms with Crippen LogP contribution in [0.5, 0.6) is 5.75 Å². The minimum Gasteiger partial charge on any atom is -0.485 e. The molecular weight excluding hydrogens is 366 g/mol. The van der Waals surface area contributed by atoms with Gasteiger partial charge in [0.05, 0.1) is 24.2 Å². The van der Waals surface area contributed by atoms with Crippen LogP contribution in [-0.2, 0) is 6.54 Å². The lowest BCUT2D eigenvalue weighted by molar-refractivity contribution is -0.0590. The van der Waals surface area contributed by atoms with Gasteiger partial charge < -0.3 is 19.3 Å². The Morgan fingerprint density at radius 2 is 1.93 bits per heavy atom. The van der Waals surface area contributed by atoms with E-state index in [1.807, 2.05) is 57.2 Å². The summed E-state index contributed by atoms with van der Waals surface area (Å²) in [5, 5.41) is 24.9. The van der Waals surface area contributed by atoms with Gasteiger partial charge in [0, 0.05) is 17.3 Å². The second-order valence-electron chi connectivity index (χ2n) is 7.85. The van der Waals surface area contributed by atoms with Gasteiger partial charge in [0.2, 0.25) is 0 Å². The number of nitrogens with zero attached hydrogens (tertiary/aromatic N) is 3. The number of hydrogen-bond donors (Lipinski definition) is 1. The van der Waals surface area contributed by atoms with Gasteiger partial charge in [0.1, 0.15) is 28.9 Å². The number of ether oxygens (including phenoxy) is 1. The molecule has 0 saturated heterocycles. The molecule has 4 rings (SSSR count). The highest BCUT2D eigenvalue weighted by molar-refractivity contribution is 5.55. The minimum absolute atomic E-state index is 0.429. The molecule has 0 fully saturated rings. The molecule has 6 nitrogen and oxygen atoms in total. The van der Waals surface area contributed by atoms with Crippen molar-refractivity contribution in [2.45, 2.75) is 45.1 Å². The molecule has 1 aliphatic heterocycles. The number of aromatic nitrogens is 1. The van der Waals surface area contributed by atoms with Gasteiger partial charge in [-0.25, -0.2) is 0 Å². The number of anilines is 1. The number of aliphatic hydroxyl groups excluding tert-OH is 1. The Morgan fingerprint density at radius 1 is 1.17 bits per heavy atom. The summed E-state index contributed by atoms with van der Waals surface area (Å²) in [4.78, 5) is 2.09. The number of para-hydroxylation sites is 1. The molecule has 0 spiro atoms. The summed E-state index contributed by atoms with van der Waals surface area (Å²) in [6.07, 6.45) is -0.836. The van der Waals surface area contributed by atoms with Gasteiger partial charge in [-0.1, -0.05) is 23.4 Å². The van der Waals surface area contributed by atoms with Crippen LogP contribution in [-0.4, -0.2) is 22.0 Å². The number of aryl methyl sites for hydroxylation is 1. The average molecular weight is 389 g/mol. The first-order valence-electron chi connectivity index (χ1n) is 9.54. The molecule has 0 aliphatic carbocycles. The third-order valence-corrected chi connectivity index (χ3v) is 5.27. The summed E-state index contributed by atoms with van der Waals surface area (Å²) >= 11 is 0. The molecule has 0 amide bonds. The van der Waals surface area contributed by atoms with Crippen LogP contribution in [0.3, 0.4) is 0 Å². The predicted molar refractivity (Wildman–Crippen MR) is 108 cm³/mol. The first-order chi connectivity index (χ1) is 13.9. The van der Waals surface area contributed by atoms with E-state index in [1.54, 1.807) is 18.2 Å². The SMILES string of the molecule is Cc1cc(CN(c2ccccc2)C2c3cc(C#N)ccc3OC(C)(C)[C@@H]2O)no1. The van der Waals surface area contributed by atoms with Crippen LogP contribution in [0, 0.1) is 18.3 Å². The zero-order valence-electron chi connectivity index (χ0n) is 16.7. The zero-order valence-corrected chi connectivity index (χ0v) is 16.7. The van der Waals surface area contributed by atoms with E-state index in [9.17, 15) is 10.4 Å². The van der Waals surface area contributed by atoms with Crippen molar-refractivity contribution >= 4 is 5.69 Å². The van der Waals surface area contributed by atoms with Crippen molar-refractivity contribution in [3.05, 3.63) is 77.2 Å². The van der Waals surface area contributed by atoms with Crippen molar-refractivity contribution in [2.75, 3.05) is 4.90 Å². The Bertz CT molecular complexity index is 1050. The van der Waals surface area contributed by atoms with E-state index in [1.165, 1.54) is 0 Å². The Balaban J connectivity index is 1.87. The van der Waals surface area contributed by atoms with Crippen molar-refractivity contribution in [1.82, 2.24) is 5.16 Å². The highest BCUT2D eigenvalue weighted by Gasteiger charge is 2.45. The van der Waals surface area contributed by atoms with Crippen LogP contribution in [0.4, 0.5) is 5.69 Å². The van der Waals surface area contributed by atoms with E-state index in [-0.39, 0.29) is 0 Å². The summed E-state index contributed by atoms with van der Waals surface area (Å²) < 4.78 is 11.3. The number of aliphatic hydroxyl groups is 1. The van der Waals surface area contributed by atoms with Gasteiger partial charge in [-0.3, -0.25) is 0 Å². The molecule has 3 aromatic rings. The quantitative estimate of drug-likeness (QED) is 0.722. The number of benzene rings is 2. The molecule has 6 heteroatoms. The van der Waals surface area contributed by atoms with Crippen molar-refractivity contribution in [3.8, 4) is 11.8 Å². The molecule has 29 heavy (non-hydrogen) atoms. The van der Waals surface area contributed by atoms with Crippen LogP contribution in [0.15, 0.2) is 59.1 Å². The lowest BCUT2D eigenvalue weighted by atomic mass is 9.84. The van der Waals surface area contributed by atoms with Gasteiger partial charge in [-0.05, 0) is 51.1 Å². The molecule has 0 saturated carbocycles. The van der Waals surface area contributed by atoms with Crippen LogP contribution < -0.4 is 9.64 Å². The van der Waals surface area contributed by atoms with Gasteiger partial charge >= 0.3 is 0 Å². The van der Waals surface area contributed by atoms with Gasteiger partial charge in [-0.2, -0.15) is 5.26 Å².